The molecule has 7 nitrogen and oxygen atoms in total. The van der Waals surface area contributed by atoms with Crippen molar-refractivity contribution in [3.8, 4) is 0 Å². The molecule has 1 aliphatic heterocycles. The van der Waals surface area contributed by atoms with E-state index in [9.17, 15) is 14.4 Å². The van der Waals surface area contributed by atoms with Crippen LogP contribution in [0.3, 0.4) is 0 Å². The first-order chi connectivity index (χ1) is 13.1. The standard InChI is InChI=1S/C20H20N2O5/c23-18-12-11-17(21-19(24)26-13-15-7-3-1-4-8-15)22(18)20(25)27-14-16-9-5-2-6-10-16/h1-10,17H,11-14H2,(H,21,24)/t17-/m1/s1. The fourth-order valence-electron chi connectivity index (χ4n) is 2.74. The Morgan fingerprint density at radius 3 is 2.07 bits per heavy atom. The molecule has 0 aromatic heterocycles. The summed E-state index contributed by atoms with van der Waals surface area (Å²) in [6.45, 7) is 0.153. The van der Waals surface area contributed by atoms with Crippen molar-refractivity contribution >= 4 is 18.1 Å². The van der Waals surface area contributed by atoms with Crippen molar-refractivity contribution in [2.24, 2.45) is 0 Å². The quantitative estimate of drug-likeness (QED) is 0.876. The third-order valence-electron chi connectivity index (χ3n) is 4.11. The van der Waals surface area contributed by atoms with E-state index >= 15 is 0 Å². The summed E-state index contributed by atoms with van der Waals surface area (Å²) in [4.78, 5) is 37.3. The highest BCUT2D eigenvalue weighted by Gasteiger charge is 2.38. The van der Waals surface area contributed by atoms with E-state index in [-0.39, 0.29) is 25.5 Å². The first kappa shape index (κ1) is 18.4. The molecule has 2 aromatic carbocycles. The summed E-state index contributed by atoms with van der Waals surface area (Å²) >= 11 is 0. The van der Waals surface area contributed by atoms with Gasteiger partial charge in [-0.3, -0.25) is 4.79 Å². The lowest BCUT2D eigenvalue weighted by Gasteiger charge is -2.23. The minimum Gasteiger partial charge on any atom is -0.445 e. The number of alkyl carbamates (subject to hydrolysis) is 1. The van der Waals surface area contributed by atoms with Crippen LogP contribution in [0.25, 0.3) is 0 Å². The van der Waals surface area contributed by atoms with Gasteiger partial charge in [-0.25, -0.2) is 14.5 Å². The lowest BCUT2D eigenvalue weighted by atomic mass is 10.2. The van der Waals surface area contributed by atoms with Crippen LogP contribution in [-0.2, 0) is 27.5 Å². The van der Waals surface area contributed by atoms with Crippen LogP contribution in [-0.4, -0.2) is 29.2 Å². The SMILES string of the molecule is O=C(N[C@H]1CCC(=O)N1C(=O)OCc1ccccc1)OCc1ccccc1. The topological polar surface area (TPSA) is 84.9 Å². The molecule has 3 amide bonds. The molecule has 1 N–H and O–H groups in total. The fourth-order valence-corrected chi connectivity index (χ4v) is 2.74. The van der Waals surface area contributed by atoms with Crippen LogP contribution in [0.5, 0.6) is 0 Å². The lowest BCUT2D eigenvalue weighted by Crippen LogP contribution is -2.48. The highest BCUT2D eigenvalue weighted by Crippen LogP contribution is 2.19. The number of nitrogens with zero attached hydrogens (tertiary/aromatic N) is 1. The zero-order valence-corrected chi connectivity index (χ0v) is 14.7. The Hall–Kier alpha value is -3.35. The fraction of sp³-hybridized carbons (Fsp3) is 0.250. The Morgan fingerprint density at radius 1 is 0.926 bits per heavy atom. The summed E-state index contributed by atoms with van der Waals surface area (Å²) < 4.78 is 10.3. The second-order valence-corrected chi connectivity index (χ2v) is 6.06. The molecule has 7 heteroatoms. The summed E-state index contributed by atoms with van der Waals surface area (Å²) in [7, 11) is 0. The van der Waals surface area contributed by atoms with E-state index in [1.54, 1.807) is 0 Å². The van der Waals surface area contributed by atoms with Crippen molar-refractivity contribution in [2.45, 2.75) is 32.2 Å². The molecular formula is C20H20N2O5. The van der Waals surface area contributed by atoms with Crippen LogP contribution in [0, 0.1) is 0 Å². The van der Waals surface area contributed by atoms with E-state index in [2.05, 4.69) is 5.32 Å². The molecule has 140 valence electrons. The number of hydrogen-bond acceptors (Lipinski definition) is 5. The molecule has 1 saturated heterocycles. The Morgan fingerprint density at radius 2 is 1.48 bits per heavy atom. The molecule has 0 saturated carbocycles. The predicted molar refractivity (Wildman–Crippen MR) is 96.3 cm³/mol. The van der Waals surface area contributed by atoms with Gasteiger partial charge in [-0.05, 0) is 17.5 Å². The second-order valence-electron chi connectivity index (χ2n) is 6.06. The third kappa shape index (κ3) is 5.07. The van der Waals surface area contributed by atoms with Crippen LogP contribution in [0.4, 0.5) is 9.59 Å². The maximum Gasteiger partial charge on any atom is 0.418 e. The number of carbonyl (C=O) groups excluding carboxylic acids is 3. The van der Waals surface area contributed by atoms with E-state index in [4.69, 9.17) is 9.47 Å². The molecule has 3 rings (SSSR count). The summed E-state index contributed by atoms with van der Waals surface area (Å²) in [6.07, 6.45) is -1.78. The predicted octanol–water partition coefficient (Wildman–Crippen LogP) is 3.20. The summed E-state index contributed by atoms with van der Waals surface area (Å²) in [5.41, 5.74) is 1.65. The molecule has 0 radical (unpaired) electrons. The number of imide groups is 1. The molecule has 0 spiro atoms. The second kappa shape index (κ2) is 8.84. The van der Waals surface area contributed by atoms with E-state index in [1.165, 1.54) is 0 Å². The Balaban J connectivity index is 1.52. The van der Waals surface area contributed by atoms with Gasteiger partial charge in [0, 0.05) is 6.42 Å². The van der Waals surface area contributed by atoms with Crippen molar-refractivity contribution in [1.29, 1.82) is 0 Å². The molecule has 27 heavy (non-hydrogen) atoms. The van der Waals surface area contributed by atoms with Gasteiger partial charge in [0.25, 0.3) is 0 Å². The smallest absolute Gasteiger partial charge is 0.418 e. The van der Waals surface area contributed by atoms with Gasteiger partial charge in [0.05, 0.1) is 0 Å². The Bertz CT molecular complexity index is 795. The van der Waals surface area contributed by atoms with E-state index in [0.29, 0.717) is 6.42 Å². The van der Waals surface area contributed by atoms with Gasteiger partial charge in [-0.1, -0.05) is 60.7 Å². The summed E-state index contributed by atoms with van der Waals surface area (Å²) in [5, 5.41) is 2.55. The van der Waals surface area contributed by atoms with Crippen molar-refractivity contribution in [3.05, 3.63) is 71.8 Å². The number of ether oxygens (including phenoxy) is 2. The maximum atomic E-state index is 12.3. The van der Waals surface area contributed by atoms with Crippen LogP contribution >= 0.6 is 0 Å². The van der Waals surface area contributed by atoms with Gasteiger partial charge in [0.2, 0.25) is 5.91 Å². The number of likely N-dealkylation sites (tertiary alicyclic amines) is 1. The van der Waals surface area contributed by atoms with Crippen molar-refractivity contribution in [1.82, 2.24) is 10.2 Å². The van der Waals surface area contributed by atoms with Gasteiger partial charge in [-0.15, -0.1) is 0 Å². The molecule has 1 atom stereocenters. The minimum atomic E-state index is -0.783. The van der Waals surface area contributed by atoms with E-state index in [0.717, 1.165) is 16.0 Å². The van der Waals surface area contributed by atoms with Crippen LogP contribution < -0.4 is 5.32 Å². The molecule has 0 aliphatic carbocycles. The average Bonchev–Trinajstić information content (AvgIpc) is 3.06. The van der Waals surface area contributed by atoms with Crippen LogP contribution in [0.1, 0.15) is 24.0 Å². The first-order valence-corrected chi connectivity index (χ1v) is 8.63. The van der Waals surface area contributed by atoms with E-state index < -0.39 is 18.4 Å². The van der Waals surface area contributed by atoms with Gasteiger partial charge < -0.3 is 14.8 Å². The highest BCUT2D eigenvalue weighted by molar-refractivity contribution is 5.94. The van der Waals surface area contributed by atoms with Crippen molar-refractivity contribution < 1.29 is 23.9 Å². The van der Waals surface area contributed by atoms with Gasteiger partial charge in [0.15, 0.2) is 0 Å². The molecule has 1 fully saturated rings. The van der Waals surface area contributed by atoms with Crippen molar-refractivity contribution in [3.63, 3.8) is 0 Å². The number of carbonyl (C=O) groups is 3. The molecule has 1 aliphatic rings. The normalized spacial score (nSPS) is 16.1. The average molecular weight is 368 g/mol. The Kier molecular flexibility index (Phi) is 6.04. The number of amides is 3. The summed E-state index contributed by atoms with van der Waals surface area (Å²) in [6, 6.07) is 18.4. The molecule has 0 unspecified atom stereocenters. The van der Waals surface area contributed by atoms with Gasteiger partial charge in [-0.2, -0.15) is 0 Å². The third-order valence-corrected chi connectivity index (χ3v) is 4.11. The number of benzene rings is 2. The molecule has 1 heterocycles. The molecular weight excluding hydrogens is 348 g/mol. The summed E-state index contributed by atoms with van der Waals surface area (Å²) in [5.74, 6) is -0.388. The minimum absolute atomic E-state index is 0.0502. The number of nitrogens with one attached hydrogen (secondary N) is 1. The zero-order valence-electron chi connectivity index (χ0n) is 14.7. The van der Waals surface area contributed by atoms with Crippen LogP contribution in [0.2, 0.25) is 0 Å². The van der Waals surface area contributed by atoms with Crippen LogP contribution in [0.15, 0.2) is 60.7 Å². The first-order valence-electron chi connectivity index (χ1n) is 8.63. The number of hydrogen-bond donors (Lipinski definition) is 1. The molecule has 0 bridgehead atoms. The van der Waals surface area contributed by atoms with Gasteiger partial charge >= 0.3 is 12.2 Å². The highest BCUT2D eigenvalue weighted by atomic mass is 16.6. The lowest BCUT2D eigenvalue weighted by molar-refractivity contribution is -0.127. The Labute approximate surface area is 156 Å². The van der Waals surface area contributed by atoms with Crippen molar-refractivity contribution in [2.75, 3.05) is 0 Å². The zero-order chi connectivity index (χ0) is 19.1. The monoisotopic (exact) mass is 368 g/mol. The van der Waals surface area contributed by atoms with E-state index in [1.807, 2.05) is 60.7 Å². The molecule has 2 aromatic rings. The largest absolute Gasteiger partial charge is 0.445 e. The number of rotatable bonds is 5. The maximum absolute atomic E-state index is 12.3. The van der Waals surface area contributed by atoms with Gasteiger partial charge in [0.1, 0.15) is 19.4 Å².